The van der Waals surface area contributed by atoms with E-state index in [1.54, 1.807) is 0 Å². The molecule has 1 amide bonds. The lowest BCUT2D eigenvalue weighted by molar-refractivity contribution is 0.0944. The summed E-state index contributed by atoms with van der Waals surface area (Å²) in [6.45, 7) is 3.84. The normalized spacial score (nSPS) is 18.9. The number of hydrogen-bond donors (Lipinski definition) is 2. The molecule has 1 fully saturated rings. The molecule has 1 atom stereocenters. The van der Waals surface area contributed by atoms with Gasteiger partial charge in [0.05, 0.1) is 4.88 Å². The fourth-order valence-electron chi connectivity index (χ4n) is 2.37. The summed E-state index contributed by atoms with van der Waals surface area (Å²) in [5.74, 6) is 0.00335. The summed E-state index contributed by atoms with van der Waals surface area (Å²) in [6.07, 6.45) is 0.997. The number of nitrogens with one attached hydrogen (secondary N) is 2. The summed E-state index contributed by atoms with van der Waals surface area (Å²) in [4.78, 5) is 12.9. The van der Waals surface area contributed by atoms with Gasteiger partial charge in [0.1, 0.15) is 0 Å². The molecule has 1 aliphatic rings. The van der Waals surface area contributed by atoms with Gasteiger partial charge in [0.2, 0.25) is 0 Å². The van der Waals surface area contributed by atoms with Gasteiger partial charge >= 0.3 is 0 Å². The Bertz CT molecular complexity index is 632. The summed E-state index contributed by atoms with van der Waals surface area (Å²) in [5.41, 5.74) is 1.12. The van der Waals surface area contributed by atoms with Crippen LogP contribution in [0.5, 0.6) is 0 Å². The average molecular weight is 295 g/mol. The van der Waals surface area contributed by atoms with Crippen molar-refractivity contribution in [2.45, 2.75) is 19.4 Å². The van der Waals surface area contributed by atoms with Crippen LogP contribution in [0.4, 0.5) is 0 Å². The monoisotopic (exact) mass is 294 g/mol. The van der Waals surface area contributed by atoms with Gasteiger partial charge in [-0.1, -0.05) is 11.6 Å². The Morgan fingerprint density at radius 1 is 1.47 bits per heavy atom. The Morgan fingerprint density at radius 3 is 3.05 bits per heavy atom. The number of rotatable bonds is 2. The molecule has 100 valence electrons. The van der Waals surface area contributed by atoms with Gasteiger partial charge in [-0.15, -0.1) is 11.3 Å². The van der Waals surface area contributed by atoms with Gasteiger partial charge in [-0.2, -0.15) is 0 Å². The van der Waals surface area contributed by atoms with E-state index >= 15 is 0 Å². The zero-order chi connectivity index (χ0) is 13.4. The van der Waals surface area contributed by atoms with E-state index < -0.39 is 0 Å². The highest BCUT2D eigenvalue weighted by Crippen LogP contribution is 2.32. The minimum atomic E-state index is 0.00335. The predicted octanol–water partition coefficient (Wildman–Crippen LogP) is 2.95. The number of halogens is 1. The predicted molar refractivity (Wildman–Crippen MR) is 80.3 cm³/mol. The van der Waals surface area contributed by atoms with E-state index in [1.165, 1.54) is 11.3 Å². The molecule has 0 saturated carbocycles. The van der Waals surface area contributed by atoms with Crippen LogP contribution < -0.4 is 10.6 Å². The van der Waals surface area contributed by atoms with Crippen LogP contribution in [-0.4, -0.2) is 25.0 Å². The summed E-state index contributed by atoms with van der Waals surface area (Å²) >= 11 is 7.72. The Hall–Kier alpha value is -1.10. The van der Waals surface area contributed by atoms with Crippen molar-refractivity contribution in [1.29, 1.82) is 0 Å². The van der Waals surface area contributed by atoms with Crippen LogP contribution in [0, 0.1) is 6.92 Å². The van der Waals surface area contributed by atoms with E-state index in [1.807, 2.05) is 19.1 Å². The Morgan fingerprint density at radius 2 is 2.32 bits per heavy atom. The maximum Gasteiger partial charge on any atom is 0.261 e. The van der Waals surface area contributed by atoms with Crippen LogP contribution >= 0.6 is 22.9 Å². The molecule has 3 rings (SSSR count). The molecule has 1 aromatic heterocycles. The zero-order valence-corrected chi connectivity index (χ0v) is 12.2. The third-order valence-electron chi connectivity index (χ3n) is 3.35. The minimum absolute atomic E-state index is 0.00335. The van der Waals surface area contributed by atoms with Crippen LogP contribution in [0.15, 0.2) is 18.2 Å². The third-order valence-corrected chi connectivity index (χ3v) is 4.74. The van der Waals surface area contributed by atoms with Gasteiger partial charge in [0, 0.05) is 27.7 Å². The van der Waals surface area contributed by atoms with Gasteiger partial charge in [-0.3, -0.25) is 4.79 Å². The first-order chi connectivity index (χ1) is 9.13. The molecule has 1 aromatic carbocycles. The van der Waals surface area contributed by atoms with E-state index in [2.05, 4.69) is 16.7 Å². The molecule has 1 saturated heterocycles. The first-order valence-electron chi connectivity index (χ1n) is 6.35. The van der Waals surface area contributed by atoms with Crippen molar-refractivity contribution in [1.82, 2.24) is 10.6 Å². The summed E-state index contributed by atoms with van der Waals surface area (Å²) in [7, 11) is 0. The number of carbonyl (C=O) groups excluding carboxylic acids is 1. The number of hydrogen-bond acceptors (Lipinski definition) is 3. The molecule has 2 N–H and O–H groups in total. The minimum Gasteiger partial charge on any atom is -0.347 e. The molecular formula is C14H15ClN2OS. The molecule has 1 unspecified atom stereocenters. The lowest BCUT2D eigenvalue weighted by Crippen LogP contribution is -2.35. The van der Waals surface area contributed by atoms with Crippen molar-refractivity contribution in [2.75, 3.05) is 13.1 Å². The number of amides is 1. The van der Waals surface area contributed by atoms with Gasteiger partial charge in [-0.05, 0) is 43.7 Å². The molecule has 2 aromatic rings. The lowest BCUT2D eigenvalue weighted by Gasteiger charge is -2.09. The first-order valence-corrected chi connectivity index (χ1v) is 7.54. The summed E-state index contributed by atoms with van der Waals surface area (Å²) in [6, 6.07) is 6.13. The number of thiophene rings is 1. The lowest BCUT2D eigenvalue weighted by atomic mass is 10.2. The fourth-order valence-corrected chi connectivity index (χ4v) is 3.84. The fraction of sp³-hybridized carbons (Fsp3) is 0.357. The van der Waals surface area contributed by atoms with E-state index in [4.69, 9.17) is 11.6 Å². The Balaban J connectivity index is 1.88. The second kappa shape index (κ2) is 5.12. The Kier molecular flexibility index (Phi) is 3.48. The van der Waals surface area contributed by atoms with Crippen LogP contribution in [0.2, 0.25) is 5.02 Å². The molecule has 0 radical (unpaired) electrons. The van der Waals surface area contributed by atoms with E-state index in [0.29, 0.717) is 5.02 Å². The molecule has 19 heavy (non-hydrogen) atoms. The highest BCUT2D eigenvalue weighted by atomic mass is 35.5. The molecule has 0 aliphatic carbocycles. The summed E-state index contributed by atoms with van der Waals surface area (Å²) in [5, 5.41) is 7.98. The molecular weight excluding hydrogens is 280 g/mol. The average Bonchev–Trinajstić information content (AvgIpc) is 2.97. The number of fused-ring (bicyclic) bond motifs is 1. The zero-order valence-electron chi connectivity index (χ0n) is 10.6. The van der Waals surface area contributed by atoms with E-state index in [0.717, 1.165) is 40.0 Å². The maximum atomic E-state index is 12.2. The number of benzene rings is 1. The second-order valence-electron chi connectivity index (χ2n) is 4.93. The van der Waals surface area contributed by atoms with Gasteiger partial charge in [-0.25, -0.2) is 0 Å². The molecule has 0 bridgehead atoms. The van der Waals surface area contributed by atoms with Crippen molar-refractivity contribution in [3.63, 3.8) is 0 Å². The summed E-state index contributed by atoms with van der Waals surface area (Å²) < 4.78 is 1.07. The van der Waals surface area contributed by atoms with Crippen LogP contribution in [0.3, 0.4) is 0 Å². The topological polar surface area (TPSA) is 41.1 Å². The molecule has 2 heterocycles. The van der Waals surface area contributed by atoms with Crippen LogP contribution in [0.1, 0.15) is 21.7 Å². The molecule has 5 heteroatoms. The van der Waals surface area contributed by atoms with Gasteiger partial charge < -0.3 is 10.6 Å². The SMILES string of the molecule is Cc1cc(Cl)c2cc(C(=O)NC3CCNC3)sc2c1. The smallest absolute Gasteiger partial charge is 0.261 e. The molecule has 1 aliphatic heterocycles. The van der Waals surface area contributed by atoms with Gasteiger partial charge in [0.15, 0.2) is 0 Å². The first kappa shape index (κ1) is 12.9. The van der Waals surface area contributed by atoms with Crippen LogP contribution in [0.25, 0.3) is 10.1 Å². The van der Waals surface area contributed by atoms with Crippen molar-refractivity contribution < 1.29 is 4.79 Å². The standard InChI is InChI=1S/C14H15ClN2OS/c1-8-4-11(15)10-6-13(19-12(10)5-8)14(18)17-9-2-3-16-7-9/h4-6,9,16H,2-3,7H2,1H3,(H,17,18). The number of aryl methyl sites for hydroxylation is 1. The van der Waals surface area contributed by atoms with E-state index in [9.17, 15) is 4.79 Å². The second-order valence-corrected chi connectivity index (χ2v) is 6.42. The molecule has 3 nitrogen and oxygen atoms in total. The quantitative estimate of drug-likeness (QED) is 0.894. The Labute approximate surface area is 121 Å². The third kappa shape index (κ3) is 2.61. The number of carbonyl (C=O) groups is 1. The maximum absolute atomic E-state index is 12.2. The van der Waals surface area contributed by atoms with Crippen molar-refractivity contribution in [3.05, 3.63) is 33.7 Å². The molecule has 0 spiro atoms. The largest absolute Gasteiger partial charge is 0.347 e. The van der Waals surface area contributed by atoms with Crippen LogP contribution in [-0.2, 0) is 0 Å². The highest BCUT2D eigenvalue weighted by molar-refractivity contribution is 7.20. The van der Waals surface area contributed by atoms with Crippen molar-refractivity contribution in [3.8, 4) is 0 Å². The van der Waals surface area contributed by atoms with Crippen molar-refractivity contribution in [2.24, 2.45) is 0 Å². The highest BCUT2D eigenvalue weighted by Gasteiger charge is 2.19. The van der Waals surface area contributed by atoms with E-state index in [-0.39, 0.29) is 11.9 Å². The van der Waals surface area contributed by atoms with Gasteiger partial charge in [0.25, 0.3) is 5.91 Å². The van der Waals surface area contributed by atoms with Crippen molar-refractivity contribution >= 4 is 38.9 Å².